The highest BCUT2D eigenvalue weighted by Gasteiger charge is 2.39. The lowest BCUT2D eigenvalue weighted by Gasteiger charge is -2.26. The van der Waals surface area contributed by atoms with Crippen molar-refractivity contribution in [3.05, 3.63) is 35.4 Å². The van der Waals surface area contributed by atoms with E-state index in [1.807, 2.05) is 24.3 Å². The average molecular weight is 346 g/mol. The quantitative estimate of drug-likeness (QED) is 0.756. The molecule has 0 saturated carbocycles. The monoisotopic (exact) mass is 346 g/mol. The van der Waals surface area contributed by atoms with Crippen LogP contribution in [0.2, 0.25) is 0 Å². The van der Waals surface area contributed by atoms with Crippen LogP contribution in [0.25, 0.3) is 0 Å². The van der Waals surface area contributed by atoms with Gasteiger partial charge in [-0.3, -0.25) is 24.2 Å². The summed E-state index contributed by atoms with van der Waals surface area (Å²) in [5.74, 6) is -2.42. The van der Waals surface area contributed by atoms with Crippen LogP contribution in [-0.4, -0.2) is 65.5 Å². The summed E-state index contributed by atoms with van der Waals surface area (Å²) in [5.41, 5.74) is 2.18. The Bertz CT molecular complexity index is 652. The van der Waals surface area contributed by atoms with Crippen LogP contribution in [0, 0.1) is 5.92 Å². The van der Waals surface area contributed by atoms with Crippen molar-refractivity contribution < 1.29 is 24.2 Å². The number of rotatable bonds is 6. The number of hydrogen-bond donors (Lipinski definition) is 1. The third-order valence-corrected chi connectivity index (χ3v) is 4.65. The Balaban J connectivity index is 1.57. The number of aliphatic carboxylic acids is 1. The van der Waals surface area contributed by atoms with Crippen molar-refractivity contribution in [1.29, 1.82) is 0 Å². The molecule has 0 bridgehead atoms. The van der Waals surface area contributed by atoms with Gasteiger partial charge in [-0.2, -0.15) is 0 Å². The van der Waals surface area contributed by atoms with E-state index in [-0.39, 0.29) is 12.3 Å². The number of carboxylic acids is 1. The van der Waals surface area contributed by atoms with Gasteiger partial charge in [0.15, 0.2) is 0 Å². The Kier molecular flexibility index (Phi) is 5.45. The second kappa shape index (κ2) is 7.76. The molecule has 2 amide bonds. The lowest BCUT2D eigenvalue weighted by atomic mass is 9.97. The SMILES string of the molecule is O=C(O)CN1C(=O)CC(Cc2ccc(CN3CCOCC3)cc2)C1=O. The molecular formula is C18H22N2O5. The maximum absolute atomic E-state index is 12.2. The van der Waals surface area contributed by atoms with E-state index >= 15 is 0 Å². The van der Waals surface area contributed by atoms with Gasteiger partial charge in [0, 0.05) is 26.1 Å². The molecule has 1 aromatic rings. The molecule has 2 saturated heterocycles. The first kappa shape index (κ1) is 17.6. The summed E-state index contributed by atoms with van der Waals surface area (Å²) in [6, 6.07) is 8.04. The predicted octanol–water partition coefficient (Wildman–Crippen LogP) is 0.521. The standard InChI is InChI=1S/C18H22N2O5/c21-16-10-15(18(24)20(16)12-17(22)23)9-13-1-3-14(4-2-13)11-19-5-7-25-8-6-19/h1-4,15H,5-12H2,(H,22,23). The Morgan fingerprint density at radius 3 is 2.40 bits per heavy atom. The molecule has 0 spiro atoms. The lowest BCUT2D eigenvalue weighted by molar-refractivity contribution is -0.149. The van der Waals surface area contributed by atoms with Crippen LogP contribution < -0.4 is 0 Å². The molecule has 7 nitrogen and oxygen atoms in total. The lowest BCUT2D eigenvalue weighted by Crippen LogP contribution is -2.35. The summed E-state index contributed by atoms with van der Waals surface area (Å²) in [7, 11) is 0. The number of hydrogen-bond acceptors (Lipinski definition) is 5. The van der Waals surface area contributed by atoms with Crippen molar-refractivity contribution >= 4 is 17.8 Å². The van der Waals surface area contributed by atoms with Crippen molar-refractivity contribution in [2.24, 2.45) is 5.92 Å². The number of amides is 2. The fourth-order valence-corrected chi connectivity index (χ4v) is 3.30. The number of likely N-dealkylation sites (tertiary alicyclic amines) is 1. The highest BCUT2D eigenvalue weighted by molar-refractivity contribution is 6.05. The maximum atomic E-state index is 12.2. The van der Waals surface area contributed by atoms with Gasteiger partial charge in [0.05, 0.1) is 19.1 Å². The van der Waals surface area contributed by atoms with Crippen LogP contribution in [0.1, 0.15) is 17.5 Å². The zero-order valence-corrected chi connectivity index (χ0v) is 14.0. The van der Waals surface area contributed by atoms with Gasteiger partial charge in [-0.1, -0.05) is 24.3 Å². The van der Waals surface area contributed by atoms with Gasteiger partial charge in [0.2, 0.25) is 11.8 Å². The fourth-order valence-electron chi connectivity index (χ4n) is 3.30. The van der Waals surface area contributed by atoms with Crippen LogP contribution in [0.15, 0.2) is 24.3 Å². The molecular weight excluding hydrogens is 324 g/mol. The number of morpholine rings is 1. The van der Waals surface area contributed by atoms with E-state index in [0.29, 0.717) is 6.42 Å². The van der Waals surface area contributed by atoms with Crippen LogP contribution in [0.5, 0.6) is 0 Å². The molecule has 2 aliphatic heterocycles. The number of benzene rings is 1. The van der Waals surface area contributed by atoms with Crippen LogP contribution >= 0.6 is 0 Å². The molecule has 2 aliphatic rings. The number of carbonyl (C=O) groups is 3. The molecule has 0 aromatic heterocycles. The Morgan fingerprint density at radius 1 is 1.12 bits per heavy atom. The Morgan fingerprint density at radius 2 is 1.76 bits per heavy atom. The van der Waals surface area contributed by atoms with Gasteiger partial charge < -0.3 is 9.84 Å². The van der Waals surface area contributed by atoms with Crippen molar-refractivity contribution in [2.75, 3.05) is 32.8 Å². The van der Waals surface area contributed by atoms with E-state index in [0.717, 1.165) is 43.3 Å². The van der Waals surface area contributed by atoms with Gasteiger partial charge in [-0.05, 0) is 17.5 Å². The van der Waals surface area contributed by atoms with E-state index < -0.39 is 24.3 Å². The second-order valence-corrected chi connectivity index (χ2v) is 6.52. The summed E-state index contributed by atoms with van der Waals surface area (Å²) in [4.78, 5) is 38.0. The van der Waals surface area contributed by atoms with Gasteiger partial charge in [-0.25, -0.2) is 0 Å². The first-order chi connectivity index (χ1) is 12.0. The van der Waals surface area contributed by atoms with E-state index in [1.165, 1.54) is 5.56 Å². The molecule has 0 radical (unpaired) electrons. The Labute approximate surface area is 146 Å². The molecule has 2 fully saturated rings. The normalized spacial score (nSPS) is 21.8. The maximum Gasteiger partial charge on any atom is 0.323 e. The summed E-state index contributed by atoms with van der Waals surface area (Å²) in [6.07, 6.45) is 0.542. The number of carboxylic acid groups (broad SMARTS) is 1. The Hall–Kier alpha value is -2.25. The highest BCUT2D eigenvalue weighted by Crippen LogP contribution is 2.23. The van der Waals surface area contributed by atoms with Gasteiger partial charge in [-0.15, -0.1) is 0 Å². The molecule has 1 unspecified atom stereocenters. The molecule has 7 heteroatoms. The second-order valence-electron chi connectivity index (χ2n) is 6.52. The first-order valence-corrected chi connectivity index (χ1v) is 8.47. The van der Waals surface area contributed by atoms with E-state index in [1.54, 1.807) is 0 Å². The molecule has 1 aromatic carbocycles. The largest absolute Gasteiger partial charge is 0.480 e. The van der Waals surface area contributed by atoms with E-state index in [2.05, 4.69) is 4.90 Å². The minimum absolute atomic E-state index is 0.0850. The number of imide groups is 1. The third kappa shape index (κ3) is 4.43. The molecule has 25 heavy (non-hydrogen) atoms. The minimum atomic E-state index is -1.17. The number of ether oxygens (including phenoxy) is 1. The summed E-state index contributed by atoms with van der Waals surface area (Å²) in [5, 5.41) is 8.79. The van der Waals surface area contributed by atoms with Crippen LogP contribution in [-0.2, 0) is 32.1 Å². The smallest absolute Gasteiger partial charge is 0.323 e. The summed E-state index contributed by atoms with van der Waals surface area (Å²) >= 11 is 0. The van der Waals surface area contributed by atoms with Gasteiger partial charge >= 0.3 is 5.97 Å². The molecule has 1 N–H and O–H groups in total. The average Bonchev–Trinajstić information content (AvgIpc) is 2.85. The fraction of sp³-hybridized carbons (Fsp3) is 0.500. The topological polar surface area (TPSA) is 87.2 Å². The summed E-state index contributed by atoms with van der Waals surface area (Å²) in [6.45, 7) is 3.72. The zero-order chi connectivity index (χ0) is 17.8. The first-order valence-electron chi connectivity index (χ1n) is 8.47. The molecule has 134 valence electrons. The predicted molar refractivity (Wildman–Crippen MR) is 88.7 cm³/mol. The van der Waals surface area contributed by atoms with Crippen LogP contribution in [0.4, 0.5) is 0 Å². The highest BCUT2D eigenvalue weighted by atomic mass is 16.5. The van der Waals surface area contributed by atoms with Gasteiger partial charge in [0.25, 0.3) is 0 Å². The molecule has 3 rings (SSSR count). The van der Waals surface area contributed by atoms with Gasteiger partial charge in [0.1, 0.15) is 6.54 Å². The summed E-state index contributed by atoms with van der Waals surface area (Å²) < 4.78 is 5.34. The van der Waals surface area contributed by atoms with E-state index in [9.17, 15) is 14.4 Å². The van der Waals surface area contributed by atoms with Crippen LogP contribution in [0.3, 0.4) is 0 Å². The van der Waals surface area contributed by atoms with Crippen molar-refractivity contribution in [3.8, 4) is 0 Å². The minimum Gasteiger partial charge on any atom is -0.480 e. The third-order valence-electron chi connectivity index (χ3n) is 4.65. The number of carbonyl (C=O) groups excluding carboxylic acids is 2. The molecule has 0 aliphatic carbocycles. The van der Waals surface area contributed by atoms with Crippen molar-refractivity contribution in [3.63, 3.8) is 0 Å². The number of nitrogens with zero attached hydrogens (tertiary/aromatic N) is 2. The molecule has 2 heterocycles. The van der Waals surface area contributed by atoms with Crippen molar-refractivity contribution in [1.82, 2.24) is 9.80 Å². The zero-order valence-electron chi connectivity index (χ0n) is 14.0. The van der Waals surface area contributed by atoms with E-state index in [4.69, 9.17) is 9.84 Å². The molecule has 1 atom stereocenters. The van der Waals surface area contributed by atoms with Crippen molar-refractivity contribution in [2.45, 2.75) is 19.4 Å².